The fraction of sp³-hybridized carbons (Fsp3) is 0.615. The van der Waals surface area contributed by atoms with Crippen molar-refractivity contribution in [2.75, 3.05) is 13.1 Å². The molecule has 0 aliphatic carbocycles. The van der Waals surface area contributed by atoms with Crippen LogP contribution in [0.1, 0.15) is 12.0 Å². The maximum Gasteiger partial charge on any atom is 0.100 e. The Balaban J connectivity index is 2.32. The molecule has 1 aromatic heterocycles. The average Bonchev–Trinajstić information content (AvgIpc) is 2.71. The molecule has 6 heteroatoms. The molecule has 2 heterocycles. The number of hydrogen-bond donors (Lipinski definition) is 2. The predicted molar refractivity (Wildman–Crippen MR) is 75.9 cm³/mol. The highest BCUT2D eigenvalue weighted by Crippen LogP contribution is 2.33. The molecule has 0 amide bonds. The smallest absolute Gasteiger partial charge is 0.100 e. The lowest BCUT2D eigenvalue weighted by atomic mass is 9.89. The van der Waals surface area contributed by atoms with E-state index in [4.69, 9.17) is 5.26 Å². The van der Waals surface area contributed by atoms with Crippen LogP contribution in [0.15, 0.2) is 12.4 Å². The van der Waals surface area contributed by atoms with Crippen molar-refractivity contribution in [1.82, 2.24) is 15.1 Å². The lowest BCUT2D eigenvalue weighted by Crippen LogP contribution is -2.60. The second kappa shape index (κ2) is 4.44. The Bertz CT molecular complexity index is 505. The first-order valence-electron chi connectivity index (χ1n) is 6.44. The first-order valence-corrected chi connectivity index (χ1v) is 9.94. The summed E-state index contributed by atoms with van der Waals surface area (Å²) in [6.45, 7) is 11.7. The highest BCUT2D eigenvalue weighted by molar-refractivity contribution is 6.78. The first kappa shape index (κ1) is 14.3. The van der Waals surface area contributed by atoms with Crippen LogP contribution in [-0.2, 0) is 10.8 Å². The number of nitrogens with one attached hydrogen (secondary N) is 1. The van der Waals surface area contributed by atoms with Crippen molar-refractivity contribution in [3.8, 4) is 6.07 Å². The fourth-order valence-electron chi connectivity index (χ4n) is 2.16. The van der Waals surface area contributed by atoms with E-state index in [2.05, 4.69) is 43.0 Å². The van der Waals surface area contributed by atoms with Crippen LogP contribution in [0.2, 0.25) is 19.6 Å². The van der Waals surface area contributed by atoms with Gasteiger partial charge >= 0.3 is 0 Å². The molecule has 5 nitrogen and oxygen atoms in total. The van der Waals surface area contributed by atoms with Gasteiger partial charge in [0.05, 0.1) is 32.0 Å². The number of nitrogens with zero attached hydrogens (tertiary/aromatic N) is 3. The van der Waals surface area contributed by atoms with Gasteiger partial charge in [-0.15, -0.1) is 0 Å². The van der Waals surface area contributed by atoms with Gasteiger partial charge in [0.1, 0.15) is 5.54 Å². The van der Waals surface area contributed by atoms with Crippen LogP contribution < -0.4 is 5.32 Å². The molecular formula is C13H21N4OSi. The molecule has 1 aliphatic heterocycles. The van der Waals surface area contributed by atoms with Crippen LogP contribution in [0.25, 0.3) is 0 Å². The average molecular weight is 277 g/mol. The molecule has 0 bridgehead atoms. The number of aromatic nitrogens is 2. The quantitative estimate of drug-likeness (QED) is 0.805. The monoisotopic (exact) mass is 277 g/mol. The fourth-order valence-corrected chi connectivity index (χ4v) is 3.15. The first-order chi connectivity index (χ1) is 8.73. The third kappa shape index (κ3) is 2.22. The molecule has 1 fully saturated rings. The van der Waals surface area contributed by atoms with E-state index in [1.165, 1.54) is 0 Å². The molecule has 0 spiro atoms. The Morgan fingerprint density at radius 3 is 2.68 bits per heavy atom. The Labute approximate surface area is 115 Å². The number of aliphatic hydroxyl groups is 1. The van der Waals surface area contributed by atoms with E-state index in [-0.39, 0.29) is 5.54 Å². The molecule has 0 saturated carbocycles. The van der Waals surface area contributed by atoms with Crippen molar-refractivity contribution in [2.45, 2.75) is 36.8 Å². The van der Waals surface area contributed by atoms with Gasteiger partial charge in [-0.2, -0.15) is 10.4 Å². The largest absolute Gasteiger partial charge is 0.389 e. The molecule has 2 N–H and O–H groups in total. The van der Waals surface area contributed by atoms with Gasteiger partial charge in [-0.25, -0.2) is 0 Å². The molecule has 1 aliphatic rings. The van der Waals surface area contributed by atoms with Gasteiger partial charge < -0.3 is 10.4 Å². The molecular weight excluding hydrogens is 256 g/mol. The SMILES string of the molecule is [CH2]C(O)(c1cnn(C2(CC#N)CNC2)c1)[Si](C)(C)C. The summed E-state index contributed by atoms with van der Waals surface area (Å²) in [5, 5.41) is 26.1. The summed E-state index contributed by atoms with van der Waals surface area (Å²) >= 11 is 0. The van der Waals surface area contributed by atoms with E-state index in [0.29, 0.717) is 6.42 Å². The Morgan fingerprint density at radius 1 is 1.63 bits per heavy atom. The standard InChI is InChI=1S/C13H21N4OSi/c1-12(18,19(2,3)4)11-7-16-17(8-11)13(5-6-14)9-15-10-13/h7-8,15,18H,1,5,9-10H2,2-4H3. The van der Waals surface area contributed by atoms with E-state index in [0.717, 1.165) is 18.7 Å². The zero-order chi connectivity index (χ0) is 14.3. The van der Waals surface area contributed by atoms with Gasteiger partial charge in [-0.1, -0.05) is 19.6 Å². The van der Waals surface area contributed by atoms with Crippen molar-refractivity contribution in [3.05, 3.63) is 24.9 Å². The maximum absolute atomic E-state index is 10.6. The topological polar surface area (TPSA) is 73.9 Å². The molecule has 1 aromatic rings. The summed E-state index contributed by atoms with van der Waals surface area (Å²) in [5.74, 6) is 0. The van der Waals surface area contributed by atoms with Gasteiger partial charge in [0.2, 0.25) is 0 Å². The maximum atomic E-state index is 10.6. The van der Waals surface area contributed by atoms with Crippen LogP contribution >= 0.6 is 0 Å². The summed E-state index contributed by atoms with van der Waals surface area (Å²) in [6, 6.07) is 2.22. The summed E-state index contributed by atoms with van der Waals surface area (Å²) in [5.41, 5.74) is 0.485. The Hall–Kier alpha value is -1.16. The molecule has 1 atom stereocenters. The number of nitriles is 1. The van der Waals surface area contributed by atoms with E-state index in [1.54, 1.807) is 6.20 Å². The van der Waals surface area contributed by atoms with E-state index in [9.17, 15) is 5.11 Å². The van der Waals surface area contributed by atoms with Crippen molar-refractivity contribution in [3.63, 3.8) is 0 Å². The van der Waals surface area contributed by atoms with Gasteiger partial charge in [0.25, 0.3) is 0 Å². The normalized spacial score (nSPS) is 21.3. The van der Waals surface area contributed by atoms with Gasteiger partial charge in [-0.3, -0.25) is 4.68 Å². The minimum absolute atomic E-state index is 0.261. The predicted octanol–water partition coefficient (Wildman–Crippen LogP) is 0.994. The van der Waals surface area contributed by atoms with Crippen molar-refractivity contribution in [2.24, 2.45) is 0 Å². The highest BCUT2D eigenvalue weighted by Gasteiger charge is 2.43. The van der Waals surface area contributed by atoms with Crippen LogP contribution in [0.3, 0.4) is 0 Å². The minimum Gasteiger partial charge on any atom is -0.389 e. The van der Waals surface area contributed by atoms with E-state index < -0.39 is 13.3 Å². The number of hydrogen-bond acceptors (Lipinski definition) is 4. The highest BCUT2D eigenvalue weighted by atomic mass is 28.3. The summed E-state index contributed by atoms with van der Waals surface area (Å²) in [4.78, 5) is 0. The van der Waals surface area contributed by atoms with Crippen molar-refractivity contribution >= 4 is 8.07 Å². The molecule has 1 saturated heterocycles. The molecule has 1 radical (unpaired) electrons. The van der Waals surface area contributed by atoms with Crippen molar-refractivity contribution < 1.29 is 5.11 Å². The van der Waals surface area contributed by atoms with Gasteiger partial charge in [-0.05, 0) is 6.92 Å². The Kier molecular flexibility index (Phi) is 3.33. The second-order valence-corrected chi connectivity index (χ2v) is 11.8. The van der Waals surface area contributed by atoms with Crippen LogP contribution in [0.5, 0.6) is 0 Å². The van der Waals surface area contributed by atoms with E-state index >= 15 is 0 Å². The molecule has 2 rings (SSSR count). The molecule has 1 unspecified atom stereocenters. The van der Waals surface area contributed by atoms with E-state index in [1.807, 2.05) is 10.9 Å². The second-order valence-electron chi connectivity index (χ2n) is 6.45. The zero-order valence-electron chi connectivity index (χ0n) is 11.8. The minimum atomic E-state index is -1.87. The molecule has 103 valence electrons. The third-order valence-electron chi connectivity index (χ3n) is 4.10. The van der Waals surface area contributed by atoms with Gasteiger partial charge in [0.15, 0.2) is 0 Å². The van der Waals surface area contributed by atoms with Gasteiger partial charge in [0, 0.05) is 24.8 Å². The van der Waals surface area contributed by atoms with Crippen molar-refractivity contribution in [1.29, 1.82) is 5.26 Å². The zero-order valence-corrected chi connectivity index (χ0v) is 12.8. The molecule has 19 heavy (non-hydrogen) atoms. The van der Waals surface area contributed by atoms with Crippen LogP contribution in [-0.4, -0.2) is 36.1 Å². The summed E-state index contributed by atoms with van der Waals surface area (Å²) in [7, 11) is -1.87. The lowest BCUT2D eigenvalue weighted by Gasteiger charge is -2.41. The van der Waals surface area contributed by atoms with Crippen LogP contribution in [0, 0.1) is 18.3 Å². The summed E-state index contributed by atoms with van der Waals surface area (Å²) in [6.07, 6.45) is 3.95. The third-order valence-corrected chi connectivity index (χ3v) is 6.87. The molecule has 0 aromatic carbocycles. The Morgan fingerprint density at radius 2 is 2.26 bits per heavy atom. The lowest BCUT2D eigenvalue weighted by molar-refractivity contribution is 0.154. The van der Waals surface area contributed by atoms with Crippen LogP contribution in [0.4, 0.5) is 0 Å². The summed E-state index contributed by atoms with van der Waals surface area (Å²) < 4.78 is 1.82. The number of rotatable bonds is 4.